The van der Waals surface area contributed by atoms with Crippen LogP contribution < -0.4 is 10.9 Å². The molecule has 0 amide bonds. The van der Waals surface area contributed by atoms with Crippen molar-refractivity contribution in [1.82, 2.24) is 4.98 Å². The van der Waals surface area contributed by atoms with E-state index in [1.807, 2.05) is 0 Å². The monoisotopic (exact) mass is 237 g/mol. The van der Waals surface area contributed by atoms with Crippen LogP contribution >= 0.6 is 0 Å². The highest BCUT2D eigenvalue weighted by atomic mass is 32.2. The molecule has 84 valence electrons. The van der Waals surface area contributed by atoms with Crippen molar-refractivity contribution < 1.29 is 17.2 Å². The average Bonchev–Trinajstić information content (AvgIpc) is 2.06. The highest BCUT2D eigenvalue weighted by Gasteiger charge is 2.25. The van der Waals surface area contributed by atoms with Gasteiger partial charge in [0.2, 0.25) is 0 Å². The van der Waals surface area contributed by atoms with E-state index in [1.54, 1.807) is 0 Å². The minimum absolute atomic E-state index is 0.276. The van der Waals surface area contributed by atoms with Gasteiger partial charge in [0.05, 0.1) is 5.56 Å². The van der Waals surface area contributed by atoms with Gasteiger partial charge in [0.1, 0.15) is 0 Å². The molecule has 0 saturated heterocycles. The molecule has 5 nitrogen and oxygen atoms in total. The number of anilines is 1. The number of nitrogens with zero attached hydrogens (tertiary/aromatic N) is 1. The first-order chi connectivity index (χ1) is 6.75. The highest BCUT2D eigenvalue weighted by Crippen LogP contribution is 2.31. The molecule has 0 unspecified atom stereocenters. The smallest absolute Gasteiger partial charge is 0.268 e. The van der Waals surface area contributed by atoms with E-state index in [0.29, 0.717) is 0 Å². The zero-order chi connectivity index (χ0) is 11.8. The van der Waals surface area contributed by atoms with Crippen molar-refractivity contribution in [3.8, 4) is 0 Å². The van der Waals surface area contributed by atoms with E-state index < -0.39 is 27.0 Å². The summed E-state index contributed by atoms with van der Waals surface area (Å²) in [5.74, 6) is 0. The fourth-order valence-corrected chi connectivity index (χ4v) is 1.76. The maximum absolute atomic E-state index is 12.6. The van der Waals surface area contributed by atoms with Crippen molar-refractivity contribution in [3.05, 3.63) is 17.3 Å². The minimum atomic E-state index is -4.29. The topological polar surface area (TPSA) is 99.1 Å². The lowest BCUT2D eigenvalue weighted by Crippen LogP contribution is -2.18. The normalized spacial score (nSPS) is 12.1. The summed E-state index contributed by atoms with van der Waals surface area (Å²) in [6.07, 6.45) is -1.95. The fraction of sp³-hybridized carbons (Fsp3) is 0.286. The number of alkyl halides is 2. The molecule has 0 aromatic carbocycles. The number of halogens is 2. The molecular formula is C7H9F2N3O2S. The predicted molar refractivity (Wildman–Crippen MR) is 49.7 cm³/mol. The molecule has 1 aromatic heterocycles. The van der Waals surface area contributed by atoms with Gasteiger partial charge < -0.3 is 5.73 Å². The summed E-state index contributed by atoms with van der Waals surface area (Å²) in [7, 11) is -4.29. The van der Waals surface area contributed by atoms with Crippen LogP contribution in [0.1, 0.15) is 17.6 Å². The van der Waals surface area contributed by atoms with Crippen LogP contribution in [0.5, 0.6) is 0 Å². The van der Waals surface area contributed by atoms with Gasteiger partial charge in [-0.05, 0) is 12.5 Å². The van der Waals surface area contributed by atoms with Crippen LogP contribution in [0.2, 0.25) is 0 Å². The Morgan fingerprint density at radius 3 is 2.40 bits per heavy atom. The summed E-state index contributed by atoms with van der Waals surface area (Å²) in [5, 5.41) is 3.86. The first-order valence-corrected chi connectivity index (χ1v) is 5.35. The average molecular weight is 237 g/mol. The second-order valence-corrected chi connectivity index (χ2v) is 4.40. The standard InChI is InChI=1S/C7H9F2N3O2S/c1-3-2-12-7(15(11,13)14)4(5(3)10)6(8)9/h2,6H,1H3,(H2,10,12)(H2,11,13,14). The lowest BCUT2D eigenvalue weighted by molar-refractivity contribution is 0.148. The van der Waals surface area contributed by atoms with Gasteiger partial charge in [-0.3, -0.25) is 0 Å². The molecule has 0 aliphatic rings. The van der Waals surface area contributed by atoms with Crippen molar-refractivity contribution >= 4 is 15.7 Å². The summed E-state index contributed by atoms with van der Waals surface area (Å²) in [6, 6.07) is 0. The molecule has 1 aromatic rings. The maximum Gasteiger partial charge on any atom is 0.268 e. The Balaban J connectivity index is 3.62. The third-order valence-corrected chi connectivity index (χ3v) is 2.67. The van der Waals surface area contributed by atoms with E-state index in [0.717, 1.165) is 6.20 Å². The van der Waals surface area contributed by atoms with Gasteiger partial charge in [-0.2, -0.15) is 0 Å². The fourth-order valence-electron chi connectivity index (χ4n) is 1.06. The van der Waals surface area contributed by atoms with Crippen LogP contribution in [0.15, 0.2) is 11.2 Å². The number of nitrogens with two attached hydrogens (primary N) is 2. The Labute approximate surface area is 85.2 Å². The quantitative estimate of drug-likeness (QED) is 0.784. The number of primary sulfonamides is 1. The van der Waals surface area contributed by atoms with E-state index >= 15 is 0 Å². The second kappa shape index (κ2) is 3.70. The molecular weight excluding hydrogens is 228 g/mol. The van der Waals surface area contributed by atoms with Gasteiger partial charge in [0, 0.05) is 11.9 Å². The number of sulfonamides is 1. The number of aryl methyl sites for hydroxylation is 1. The molecule has 0 bridgehead atoms. The summed E-state index contributed by atoms with van der Waals surface area (Å²) in [5.41, 5.74) is 4.48. The van der Waals surface area contributed by atoms with E-state index in [1.165, 1.54) is 6.92 Å². The number of hydrogen-bond donors (Lipinski definition) is 2. The molecule has 1 rings (SSSR count). The minimum Gasteiger partial charge on any atom is -0.398 e. The van der Waals surface area contributed by atoms with Crippen LogP contribution in [-0.4, -0.2) is 13.4 Å². The predicted octanol–water partition coefficient (Wildman–Crippen LogP) is 0.557. The van der Waals surface area contributed by atoms with E-state index in [2.05, 4.69) is 4.98 Å². The van der Waals surface area contributed by atoms with Gasteiger partial charge in [0.25, 0.3) is 16.4 Å². The van der Waals surface area contributed by atoms with Crippen LogP contribution in [0.4, 0.5) is 14.5 Å². The first kappa shape index (κ1) is 11.8. The lowest BCUT2D eigenvalue weighted by Gasteiger charge is -2.10. The Hall–Kier alpha value is -1.28. The number of aromatic nitrogens is 1. The molecule has 0 fully saturated rings. The number of rotatable bonds is 2. The molecule has 0 radical (unpaired) electrons. The number of nitrogen functional groups attached to an aromatic ring is 1. The summed E-state index contributed by atoms with van der Waals surface area (Å²) in [6.45, 7) is 1.45. The zero-order valence-corrected chi connectivity index (χ0v) is 8.55. The Morgan fingerprint density at radius 2 is 2.00 bits per heavy atom. The molecule has 0 aliphatic heterocycles. The molecule has 0 saturated carbocycles. The first-order valence-electron chi connectivity index (χ1n) is 3.81. The molecule has 0 spiro atoms. The molecule has 15 heavy (non-hydrogen) atoms. The lowest BCUT2D eigenvalue weighted by atomic mass is 10.2. The van der Waals surface area contributed by atoms with Gasteiger partial charge in [0.15, 0.2) is 5.03 Å². The Morgan fingerprint density at radius 1 is 1.47 bits per heavy atom. The molecule has 4 N–H and O–H groups in total. The van der Waals surface area contributed by atoms with E-state index in [9.17, 15) is 17.2 Å². The molecule has 1 heterocycles. The molecule has 0 aliphatic carbocycles. The van der Waals surface area contributed by atoms with Crippen LogP contribution in [0.25, 0.3) is 0 Å². The zero-order valence-electron chi connectivity index (χ0n) is 7.74. The van der Waals surface area contributed by atoms with Crippen molar-refractivity contribution in [2.24, 2.45) is 5.14 Å². The van der Waals surface area contributed by atoms with E-state index in [4.69, 9.17) is 10.9 Å². The van der Waals surface area contributed by atoms with Crippen LogP contribution in [0.3, 0.4) is 0 Å². The van der Waals surface area contributed by atoms with Crippen molar-refractivity contribution in [1.29, 1.82) is 0 Å². The van der Waals surface area contributed by atoms with Crippen molar-refractivity contribution in [2.75, 3.05) is 5.73 Å². The summed E-state index contributed by atoms with van der Waals surface area (Å²) >= 11 is 0. The Kier molecular flexibility index (Phi) is 2.91. The highest BCUT2D eigenvalue weighted by molar-refractivity contribution is 7.89. The van der Waals surface area contributed by atoms with Gasteiger partial charge >= 0.3 is 0 Å². The Bertz CT molecular complexity index is 487. The van der Waals surface area contributed by atoms with Gasteiger partial charge in [-0.15, -0.1) is 0 Å². The summed E-state index contributed by atoms with van der Waals surface area (Å²) < 4.78 is 47.0. The maximum atomic E-state index is 12.6. The van der Waals surface area contributed by atoms with Crippen LogP contribution in [-0.2, 0) is 10.0 Å². The van der Waals surface area contributed by atoms with E-state index in [-0.39, 0.29) is 11.3 Å². The summed E-state index contributed by atoms with van der Waals surface area (Å²) in [4.78, 5) is 3.36. The third kappa shape index (κ3) is 2.21. The number of pyridine rings is 1. The van der Waals surface area contributed by atoms with Crippen molar-refractivity contribution in [3.63, 3.8) is 0 Å². The van der Waals surface area contributed by atoms with Crippen LogP contribution in [0, 0.1) is 6.92 Å². The largest absolute Gasteiger partial charge is 0.398 e. The van der Waals surface area contributed by atoms with Crippen molar-refractivity contribution in [2.45, 2.75) is 18.4 Å². The SMILES string of the molecule is Cc1cnc(S(N)(=O)=O)c(C(F)F)c1N. The molecule has 8 heteroatoms. The number of hydrogen-bond acceptors (Lipinski definition) is 4. The van der Waals surface area contributed by atoms with Gasteiger partial charge in [-0.25, -0.2) is 27.3 Å². The van der Waals surface area contributed by atoms with Gasteiger partial charge in [-0.1, -0.05) is 0 Å². The second-order valence-electron chi connectivity index (χ2n) is 2.92. The third-order valence-electron chi connectivity index (χ3n) is 1.81. The molecule has 0 atom stereocenters.